The van der Waals surface area contributed by atoms with E-state index in [0.29, 0.717) is 21.3 Å². The molecule has 21 heavy (non-hydrogen) atoms. The number of urea groups is 1. The van der Waals surface area contributed by atoms with E-state index in [4.69, 9.17) is 23.2 Å². The number of nitrogens with zero attached hydrogens (tertiary/aromatic N) is 2. The van der Waals surface area contributed by atoms with Gasteiger partial charge in [0, 0.05) is 35.4 Å². The molecule has 2 rings (SSSR count). The molecular weight excluding hydrogens is 315 g/mol. The molecule has 0 saturated heterocycles. The van der Waals surface area contributed by atoms with Crippen molar-refractivity contribution >= 4 is 34.9 Å². The lowest BCUT2D eigenvalue weighted by molar-refractivity contribution is 0.175. The van der Waals surface area contributed by atoms with Gasteiger partial charge < -0.3 is 15.7 Å². The summed E-state index contributed by atoms with van der Waals surface area (Å²) < 4.78 is 1.57. The van der Waals surface area contributed by atoms with E-state index in [0.717, 1.165) is 0 Å². The van der Waals surface area contributed by atoms with Crippen LogP contribution in [0.4, 0.5) is 10.5 Å². The summed E-state index contributed by atoms with van der Waals surface area (Å²) in [4.78, 5) is 11.7. The molecule has 0 saturated carbocycles. The van der Waals surface area contributed by atoms with Gasteiger partial charge >= 0.3 is 6.03 Å². The first-order valence-corrected chi connectivity index (χ1v) is 6.88. The second-order valence-corrected chi connectivity index (χ2v) is 5.26. The largest absolute Gasteiger partial charge is 0.387 e. The first-order chi connectivity index (χ1) is 9.95. The summed E-state index contributed by atoms with van der Waals surface area (Å²) in [5, 5.41) is 19.9. The SMILES string of the molecule is Cn1cc(NC(=O)NCC(O)c2ccc(Cl)cc2Cl)cn1. The number of benzene rings is 1. The predicted octanol–water partition coefficient (Wildman–Crippen LogP) is 2.58. The minimum Gasteiger partial charge on any atom is -0.387 e. The van der Waals surface area contributed by atoms with E-state index in [1.165, 1.54) is 12.3 Å². The third-order valence-corrected chi connectivity index (χ3v) is 3.30. The average Bonchev–Trinajstić information content (AvgIpc) is 2.81. The molecule has 1 atom stereocenters. The number of carbonyl (C=O) groups excluding carboxylic acids is 1. The molecule has 0 bridgehead atoms. The highest BCUT2D eigenvalue weighted by molar-refractivity contribution is 6.35. The third-order valence-electron chi connectivity index (χ3n) is 2.74. The molecule has 2 aromatic rings. The number of halogens is 2. The summed E-state index contributed by atoms with van der Waals surface area (Å²) >= 11 is 11.8. The summed E-state index contributed by atoms with van der Waals surface area (Å²) in [6.07, 6.45) is 2.26. The van der Waals surface area contributed by atoms with Crippen molar-refractivity contribution in [1.29, 1.82) is 0 Å². The van der Waals surface area contributed by atoms with Crippen LogP contribution >= 0.6 is 23.2 Å². The van der Waals surface area contributed by atoms with Gasteiger partial charge in [0.2, 0.25) is 0 Å². The highest BCUT2D eigenvalue weighted by Gasteiger charge is 2.13. The number of aliphatic hydroxyl groups excluding tert-OH is 1. The lowest BCUT2D eigenvalue weighted by Crippen LogP contribution is -2.32. The monoisotopic (exact) mass is 328 g/mol. The zero-order chi connectivity index (χ0) is 15.4. The molecule has 1 aromatic carbocycles. The Kier molecular flexibility index (Phi) is 5.06. The number of anilines is 1. The minimum absolute atomic E-state index is 0.0213. The normalized spacial score (nSPS) is 12.0. The topological polar surface area (TPSA) is 79.2 Å². The van der Waals surface area contributed by atoms with Gasteiger partial charge in [-0.3, -0.25) is 4.68 Å². The van der Waals surface area contributed by atoms with Crippen molar-refractivity contribution in [2.45, 2.75) is 6.10 Å². The van der Waals surface area contributed by atoms with Crippen LogP contribution in [0.5, 0.6) is 0 Å². The van der Waals surface area contributed by atoms with Crippen LogP contribution in [0.25, 0.3) is 0 Å². The highest BCUT2D eigenvalue weighted by Crippen LogP contribution is 2.25. The van der Waals surface area contributed by atoms with E-state index >= 15 is 0 Å². The van der Waals surface area contributed by atoms with Crippen LogP contribution in [0.3, 0.4) is 0 Å². The van der Waals surface area contributed by atoms with Crippen molar-refractivity contribution < 1.29 is 9.90 Å². The Labute approximate surface area is 131 Å². The molecule has 1 heterocycles. The average molecular weight is 329 g/mol. The maximum Gasteiger partial charge on any atom is 0.319 e. The maximum absolute atomic E-state index is 11.7. The number of hydrogen-bond acceptors (Lipinski definition) is 3. The van der Waals surface area contributed by atoms with Crippen LogP contribution in [0.15, 0.2) is 30.6 Å². The van der Waals surface area contributed by atoms with Crippen LogP contribution in [0, 0.1) is 0 Å². The summed E-state index contributed by atoms with van der Waals surface area (Å²) in [7, 11) is 1.75. The molecule has 2 amide bonds. The molecular formula is C13H14Cl2N4O2. The van der Waals surface area contributed by atoms with Crippen LogP contribution in [0.2, 0.25) is 10.0 Å². The summed E-state index contributed by atoms with van der Waals surface area (Å²) in [6, 6.07) is 4.35. The second kappa shape index (κ2) is 6.80. The smallest absolute Gasteiger partial charge is 0.319 e. The van der Waals surface area contributed by atoms with Gasteiger partial charge in [-0.2, -0.15) is 5.10 Å². The van der Waals surface area contributed by atoms with Gasteiger partial charge in [-0.05, 0) is 12.1 Å². The van der Waals surface area contributed by atoms with E-state index in [-0.39, 0.29) is 6.54 Å². The van der Waals surface area contributed by atoms with Gasteiger partial charge in [0.1, 0.15) is 0 Å². The Bertz CT molecular complexity index is 645. The molecule has 1 unspecified atom stereocenters. The van der Waals surface area contributed by atoms with Gasteiger partial charge in [0.25, 0.3) is 0 Å². The molecule has 0 aliphatic rings. The molecule has 6 nitrogen and oxygen atoms in total. The Morgan fingerprint density at radius 1 is 1.48 bits per heavy atom. The highest BCUT2D eigenvalue weighted by atomic mass is 35.5. The van der Waals surface area contributed by atoms with Crippen molar-refractivity contribution in [3.8, 4) is 0 Å². The lowest BCUT2D eigenvalue weighted by atomic mass is 10.1. The number of carbonyl (C=O) groups is 1. The first kappa shape index (κ1) is 15.6. The fourth-order valence-corrected chi connectivity index (χ4v) is 2.27. The molecule has 0 radical (unpaired) electrons. The number of rotatable bonds is 4. The molecule has 8 heteroatoms. The van der Waals surface area contributed by atoms with Gasteiger partial charge in [-0.25, -0.2) is 4.79 Å². The summed E-state index contributed by atoms with van der Waals surface area (Å²) in [5.41, 5.74) is 1.07. The standard InChI is InChI=1S/C13H14Cl2N4O2/c1-19-7-9(5-17-19)18-13(21)16-6-12(20)10-3-2-8(14)4-11(10)15/h2-5,7,12,20H,6H2,1H3,(H2,16,18,21). The van der Waals surface area contributed by atoms with Crippen molar-refractivity contribution in [3.05, 3.63) is 46.2 Å². The molecule has 0 aliphatic carbocycles. The Morgan fingerprint density at radius 3 is 2.86 bits per heavy atom. The lowest BCUT2D eigenvalue weighted by Gasteiger charge is -2.14. The summed E-state index contributed by atoms with van der Waals surface area (Å²) in [5.74, 6) is 0. The Hall–Kier alpha value is -1.76. The number of amides is 2. The summed E-state index contributed by atoms with van der Waals surface area (Å²) in [6.45, 7) is 0.0213. The van der Waals surface area contributed by atoms with E-state index in [1.807, 2.05) is 0 Å². The number of hydrogen-bond donors (Lipinski definition) is 3. The van der Waals surface area contributed by atoms with Gasteiger partial charge in [0.05, 0.1) is 18.0 Å². The van der Waals surface area contributed by atoms with Crippen molar-refractivity contribution in [3.63, 3.8) is 0 Å². The first-order valence-electron chi connectivity index (χ1n) is 6.12. The van der Waals surface area contributed by atoms with Crippen LogP contribution < -0.4 is 10.6 Å². The molecule has 0 fully saturated rings. The molecule has 0 aliphatic heterocycles. The van der Waals surface area contributed by atoms with Crippen LogP contribution in [-0.2, 0) is 7.05 Å². The fourth-order valence-electron chi connectivity index (χ4n) is 1.73. The van der Waals surface area contributed by atoms with Crippen molar-refractivity contribution in [2.75, 3.05) is 11.9 Å². The van der Waals surface area contributed by atoms with Crippen LogP contribution in [-0.4, -0.2) is 27.5 Å². The van der Waals surface area contributed by atoms with E-state index in [9.17, 15) is 9.90 Å². The minimum atomic E-state index is -0.922. The number of aromatic nitrogens is 2. The zero-order valence-electron chi connectivity index (χ0n) is 11.2. The second-order valence-electron chi connectivity index (χ2n) is 4.42. The zero-order valence-corrected chi connectivity index (χ0v) is 12.7. The number of aliphatic hydroxyl groups is 1. The van der Waals surface area contributed by atoms with Gasteiger partial charge in [0.15, 0.2) is 0 Å². The molecule has 3 N–H and O–H groups in total. The Morgan fingerprint density at radius 2 is 2.24 bits per heavy atom. The van der Waals surface area contributed by atoms with Crippen molar-refractivity contribution in [1.82, 2.24) is 15.1 Å². The quantitative estimate of drug-likeness (QED) is 0.807. The molecule has 0 spiro atoms. The number of aryl methyl sites for hydroxylation is 1. The Balaban J connectivity index is 1.88. The number of nitrogens with one attached hydrogen (secondary N) is 2. The van der Waals surface area contributed by atoms with Crippen LogP contribution in [0.1, 0.15) is 11.7 Å². The molecule has 1 aromatic heterocycles. The van der Waals surface area contributed by atoms with E-state index in [1.54, 1.807) is 30.1 Å². The predicted molar refractivity (Wildman–Crippen MR) is 81.7 cm³/mol. The molecule has 112 valence electrons. The van der Waals surface area contributed by atoms with E-state index in [2.05, 4.69) is 15.7 Å². The van der Waals surface area contributed by atoms with Gasteiger partial charge in [-0.15, -0.1) is 0 Å². The van der Waals surface area contributed by atoms with Gasteiger partial charge in [-0.1, -0.05) is 29.3 Å². The van der Waals surface area contributed by atoms with E-state index < -0.39 is 12.1 Å². The van der Waals surface area contributed by atoms with Crippen molar-refractivity contribution in [2.24, 2.45) is 7.05 Å². The maximum atomic E-state index is 11.7. The third kappa shape index (κ3) is 4.35. The fraction of sp³-hybridized carbons (Fsp3) is 0.231.